The van der Waals surface area contributed by atoms with E-state index in [1.165, 1.54) is 0 Å². The molecule has 0 saturated heterocycles. The number of benzene rings is 2. The van der Waals surface area contributed by atoms with Gasteiger partial charge in [0.15, 0.2) is 0 Å². The molecule has 0 unspecified atom stereocenters. The standard InChI is InChI=1S/C18H20N2O/c1-13(2)21-17-7-8-18(14(3)9-17)20-12-16-6-4-5-15(10-16)11-19/h4-10,13,20H,12H2,1-3H3. The summed E-state index contributed by atoms with van der Waals surface area (Å²) in [6.07, 6.45) is 0.178. The Bertz CT molecular complexity index is 657. The smallest absolute Gasteiger partial charge is 0.120 e. The molecule has 0 spiro atoms. The molecule has 0 radical (unpaired) electrons. The van der Waals surface area contributed by atoms with Crippen molar-refractivity contribution in [3.8, 4) is 11.8 Å². The van der Waals surface area contributed by atoms with Crippen molar-refractivity contribution >= 4 is 5.69 Å². The lowest BCUT2D eigenvalue weighted by Crippen LogP contribution is -2.06. The Kier molecular flexibility index (Phi) is 4.84. The molecule has 0 fully saturated rings. The Morgan fingerprint density at radius 1 is 1.19 bits per heavy atom. The SMILES string of the molecule is Cc1cc(OC(C)C)ccc1NCc1cccc(C#N)c1. The van der Waals surface area contributed by atoms with Gasteiger partial charge in [-0.1, -0.05) is 12.1 Å². The van der Waals surface area contributed by atoms with Gasteiger partial charge in [0.2, 0.25) is 0 Å². The van der Waals surface area contributed by atoms with Gasteiger partial charge in [0.25, 0.3) is 0 Å². The molecule has 0 aliphatic carbocycles. The van der Waals surface area contributed by atoms with Gasteiger partial charge in [-0.25, -0.2) is 0 Å². The fourth-order valence-corrected chi connectivity index (χ4v) is 2.13. The van der Waals surface area contributed by atoms with Crippen LogP contribution in [-0.4, -0.2) is 6.10 Å². The Morgan fingerprint density at radius 3 is 2.67 bits per heavy atom. The Balaban J connectivity index is 2.04. The number of rotatable bonds is 5. The number of ether oxygens (including phenoxy) is 1. The molecule has 2 aromatic carbocycles. The van der Waals surface area contributed by atoms with E-state index < -0.39 is 0 Å². The van der Waals surface area contributed by atoms with Gasteiger partial charge in [-0.2, -0.15) is 5.26 Å². The molecule has 21 heavy (non-hydrogen) atoms. The van der Waals surface area contributed by atoms with Crippen LogP contribution in [0.15, 0.2) is 42.5 Å². The molecule has 2 rings (SSSR count). The van der Waals surface area contributed by atoms with Gasteiger partial charge in [0, 0.05) is 12.2 Å². The van der Waals surface area contributed by atoms with E-state index in [-0.39, 0.29) is 6.10 Å². The summed E-state index contributed by atoms with van der Waals surface area (Å²) >= 11 is 0. The number of nitriles is 1. The Hall–Kier alpha value is -2.47. The molecule has 0 aromatic heterocycles. The molecule has 0 bridgehead atoms. The summed E-state index contributed by atoms with van der Waals surface area (Å²) in [6, 6.07) is 15.8. The van der Waals surface area contributed by atoms with Crippen LogP contribution in [0.3, 0.4) is 0 Å². The number of anilines is 1. The van der Waals surface area contributed by atoms with E-state index in [0.29, 0.717) is 12.1 Å². The molecule has 1 N–H and O–H groups in total. The number of hydrogen-bond acceptors (Lipinski definition) is 3. The number of aryl methyl sites for hydroxylation is 1. The summed E-state index contributed by atoms with van der Waals surface area (Å²) in [5.74, 6) is 0.888. The molecule has 3 heteroatoms. The third-order valence-corrected chi connectivity index (χ3v) is 3.11. The van der Waals surface area contributed by atoms with Crippen molar-refractivity contribution in [1.29, 1.82) is 5.26 Å². The molecular formula is C18H20N2O. The van der Waals surface area contributed by atoms with Crippen LogP contribution in [0.2, 0.25) is 0 Å². The summed E-state index contributed by atoms with van der Waals surface area (Å²) in [6.45, 7) is 6.79. The van der Waals surface area contributed by atoms with E-state index in [2.05, 4.69) is 18.3 Å². The van der Waals surface area contributed by atoms with Crippen LogP contribution < -0.4 is 10.1 Å². The highest BCUT2D eigenvalue weighted by atomic mass is 16.5. The van der Waals surface area contributed by atoms with Gasteiger partial charge in [-0.05, 0) is 62.2 Å². The third kappa shape index (κ3) is 4.25. The number of nitrogens with one attached hydrogen (secondary N) is 1. The third-order valence-electron chi connectivity index (χ3n) is 3.11. The predicted molar refractivity (Wildman–Crippen MR) is 85.4 cm³/mol. The normalized spacial score (nSPS) is 10.2. The number of hydrogen-bond donors (Lipinski definition) is 1. The van der Waals surface area contributed by atoms with E-state index in [0.717, 1.165) is 22.6 Å². The fraction of sp³-hybridized carbons (Fsp3) is 0.278. The monoisotopic (exact) mass is 280 g/mol. The van der Waals surface area contributed by atoms with E-state index in [9.17, 15) is 0 Å². The molecular weight excluding hydrogens is 260 g/mol. The minimum Gasteiger partial charge on any atom is -0.491 e. The molecule has 0 amide bonds. The van der Waals surface area contributed by atoms with Crippen molar-refractivity contribution in [3.63, 3.8) is 0 Å². The van der Waals surface area contributed by atoms with Crippen LogP contribution in [-0.2, 0) is 6.54 Å². The first kappa shape index (κ1) is 14.9. The van der Waals surface area contributed by atoms with Crippen LogP contribution in [0.5, 0.6) is 5.75 Å². The highest BCUT2D eigenvalue weighted by Gasteiger charge is 2.03. The maximum Gasteiger partial charge on any atom is 0.120 e. The van der Waals surface area contributed by atoms with E-state index in [1.807, 2.05) is 56.3 Å². The summed E-state index contributed by atoms with van der Waals surface area (Å²) < 4.78 is 5.68. The molecule has 2 aromatic rings. The molecule has 0 aliphatic heterocycles. The lowest BCUT2D eigenvalue weighted by atomic mass is 10.1. The van der Waals surface area contributed by atoms with Gasteiger partial charge in [0.05, 0.1) is 17.7 Å². The zero-order chi connectivity index (χ0) is 15.2. The van der Waals surface area contributed by atoms with Crippen LogP contribution in [0, 0.1) is 18.3 Å². The highest BCUT2D eigenvalue weighted by Crippen LogP contribution is 2.22. The van der Waals surface area contributed by atoms with Gasteiger partial charge in [-0.3, -0.25) is 0 Å². The largest absolute Gasteiger partial charge is 0.491 e. The molecule has 0 atom stereocenters. The van der Waals surface area contributed by atoms with Gasteiger partial charge >= 0.3 is 0 Å². The molecule has 3 nitrogen and oxygen atoms in total. The van der Waals surface area contributed by atoms with E-state index in [4.69, 9.17) is 10.00 Å². The predicted octanol–water partition coefficient (Wildman–Crippen LogP) is 4.27. The second-order valence-electron chi connectivity index (χ2n) is 5.31. The summed E-state index contributed by atoms with van der Waals surface area (Å²) in [5.41, 5.74) is 4.00. The second kappa shape index (κ2) is 6.81. The maximum atomic E-state index is 8.91. The van der Waals surface area contributed by atoms with Crippen LogP contribution >= 0.6 is 0 Å². The molecule has 0 heterocycles. The summed E-state index contributed by atoms with van der Waals surface area (Å²) in [7, 11) is 0. The van der Waals surface area contributed by atoms with Crippen molar-refractivity contribution in [2.45, 2.75) is 33.4 Å². The first-order valence-electron chi connectivity index (χ1n) is 7.08. The Labute approximate surface area is 126 Å². The average Bonchev–Trinajstić information content (AvgIpc) is 2.46. The maximum absolute atomic E-state index is 8.91. The van der Waals surface area contributed by atoms with Crippen molar-refractivity contribution < 1.29 is 4.74 Å². The van der Waals surface area contributed by atoms with Gasteiger partial charge in [-0.15, -0.1) is 0 Å². The van der Waals surface area contributed by atoms with Crippen molar-refractivity contribution in [2.24, 2.45) is 0 Å². The topological polar surface area (TPSA) is 45.0 Å². The summed E-state index contributed by atoms with van der Waals surface area (Å²) in [5, 5.41) is 12.3. The lowest BCUT2D eigenvalue weighted by molar-refractivity contribution is 0.242. The van der Waals surface area contributed by atoms with Crippen molar-refractivity contribution in [3.05, 3.63) is 59.2 Å². The fourth-order valence-electron chi connectivity index (χ4n) is 2.13. The Morgan fingerprint density at radius 2 is 2.00 bits per heavy atom. The molecule has 108 valence electrons. The first-order valence-corrected chi connectivity index (χ1v) is 7.08. The van der Waals surface area contributed by atoms with Crippen LogP contribution in [0.1, 0.15) is 30.5 Å². The minimum atomic E-state index is 0.178. The lowest BCUT2D eigenvalue weighted by Gasteiger charge is -2.14. The van der Waals surface area contributed by atoms with E-state index >= 15 is 0 Å². The zero-order valence-corrected chi connectivity index (χ0v) is 12.7. The van der Waals surface area contributed by atoms with Gasteiger partial charge in [0.1, 0.15) is 5.75 Å². The van der Waals surface area contributed by atoms with E-state index in [1.54, 1.807) is 0 Å². The molecule has 0 aliphatic rings. The van der Waals surface area contributed by atoms with Crippen LogP contribution in [0.4, 0.5) is 5.69 Å². The zero-order valence-electron chi connectivity index (χ0n) is 12.7. The quantitative estimate of drug-likeness (QED) is 0.889. The highest BCUT2D eigenvalue weighted by molar-refractivity contribution is 5.54. The first-order chi connectivity index (χ1) is 10.1. The second-order valence-corrected chi connectivity index (χ2v) is 5.31. The molecule has 0 saturated carbocycles. The van der Waals surface area contributed by atoms with Crippen LogP contribution in [0.25, 0.3) is 0 Å². The summed E-state index contributed by atoms with van der Waals surface area (Å²) in [4.78, 5) is 0. The van der Waals surface area contributed by atoms with Crippen molar-refractivity contribution in [1.82, 2.24) is 0 Å². The van der Waals surface area contributed by atoms with Crippen molar-refractivity contribution in [2.75, 3.05) is 5.32 Å². The number of nitrogens with zero attached hydrogens (tertiary/aromatic N) is 1. The van der Waals surface area contributed by atoms with Gasteiger partial charge < -0.3 is 10.1 Å². The average molecular weight is 280 g/mol. The minimum absolute atomic E-state index is 0.178.